The molecular weight excluding hydrogens is 1100 g/mol. The number of Topliss-reactive ketones (excluding diaryl/α,β-unsaturated/α-hetero) is 2. The number of nitrogens with one attached hydrogen (secondary N) is 1. The van der Waals surface area contributed by atoms with Gasteiger partial charge in [0.25, 0.3) is 0 Å². The van der Waals surface area contributed by atoms with E-state index in [-0.39, 0.29) is 30.8 Å². The standard InChI is InChI=1S/C23H20N2O2.C22H20N2O2.C20H16N2O.C3H5BrO.FH.H2/c1-17(26)15-25(16-20-12-7-11-18-8-5-6-13-21(18)20)23-14-22(24-27-23)19-9-3-2-4-10-19;25-14-13-24(16-19-11-6-10-17-7-4-5-12-20(17)19)22-15-21(23-26-22)18-8-2-1-3-9-18;1-2-8-16(9-3-1)19-13-20(23-22-19)21-14-17-11-6-10-15-7-4-5-12-18(15)17;1-3(5)2-4;;/h2-14H,15-16H2,1H3;1-12,15,25H,13-14,16H2;1-13,21H,14H2;2H2,1H3;2*1H/i;;;;;1+2. The van der Waals surface area contributed by atoms with Crippen LogP contribution in [0.25, 0.3) is 66.1 Å². The van der Waals surface area contributed by atoms with Crippen molar-refractivity contribution in [2.24, 2.45) is 0 Å². The molecule has 14 heteroatoms. The van der Waals surface area contributed by atoms with Crippen LogP contribution in [0.4, 0.5) is 22.4 Å². The number of rotatable bonds is 17. The molecule has 0 amide bonds. The summed E-state index contributed by atoms with van der Waals surface area (Å²) < 4.78 is 16.6. The number of aliphatic hydroxyl groups is 1. The third kappa shape index (κ3) is 15.9. The first kappa shape index (κ1) is 58.6. The van der Waals surface area contributed by atoms with Gasteiger partial charge in [0.05, 0.1) is 18.5 Å². The van der Waals surface area contributed by atoms with E-state index in [1.54, 1.807) is 6.92 Å². The zero-order chi connectivity index (χ0) is 56.2. The molecule has 82 heavy (non-hydrogen) atoms. The van der Waals surface area contributed by atoms with E-state index in [1.807, 2.05) is 149 Å². The van der Waals surface area contributed by atoms with Gasteiger partial charge in [0.2, 0.25) is 17.7 Å². The molecule has 0 radical (unpaired) electrons. The summed E-state index contributed by atoms with van der Waals surface area (Å²) in [4.78, 5) is 25.6. The molecular formula is C68H64BrFN6O6. The molecule has 0 fully saturated rings. The van der Waals surface area contributed by atoms with Crippen LogP contribution in [0.2, 0.25) is 0 Å². The molecule has 0 saturated carbocycles. The summed E-state index contributed by atoms with van der Waals surface area (Å²) in [6.45, 7) is 5.84. The van der Waals surface area contributed by atoms with Crippen LogP contribution in [-0.4, -0.2) is 57.2 Å². The maximum absolute atomic E-state index is 11.9. The van der Waals surface area contributed by atoms with Crippen LogP contribution in [-0.2, 0) is 29.2 Å². The monoisotopic (exact) mass is 1160 g/mol. The maximum atomic E-state index is 11.9. The summed E-state index contributed by atoms with van der Waals surface area (Å²) in [6.07, 6.45) is 0. The van der Waals surface area contributed by atoms with E-state index in [0.717, 1.165) is 39.3 Å². The van der Waals surface area contributed by atoms with Gasteiger partial charge in [-0.15, -0.1) is 0 Å². The third-order valence-electron chi connectivity index (χ3n) is 13.1. The van der Waals surface area contributed by atoms with Gasteiger partial charge >= 0.3 is 0 Å². The van der Waals surface area contributed by atoms with E-state index in [2.05, 4.69) is 134 Å². The van der Waals surface area contributed by atoms with Crippen LogP contribution in [0, 0.1) is 0 Å². The molecule has 0 saturated heterocycles. The van der Waals surface area contributed by atoms with Gasteiger partial charge in [-0.05, 0) is 62.9 Å². The lowest BCUT2D eigenvalue weighted by atomic mass is 10.0. The highest BCUT2D eigenvalue weighted by atomic mass is 79.9. The fourth-order valence-corrected chi connectivity index (χ4v) is 9.19. The number of fused-ring (bicyclic) bond motifs is 3. The predicted octanol–water partition coefficient (Wildman–Crippen LogP) is 16.1. The van der Waals surface area contributed by atoms with Crippen molar-refractivity contribution in [1.29, 1.82) is 0 Å². The first-order chi connectivity index (χ1) is 39.7. The van der Waals surface area contributed by atoms with Crippen molar-refractivity contribution >= 4 is 77.5 Å². The summed E-state index contributed by atoms with van der Waals surface area (Å²) in [7, 11) is 0. The van der Waals surface area contributed by atoms with Gasteiger partial charge in [0.1, 0.15) is 28.6 Å². The zero-order valence-corrected chi connectivity index (χ0v) is 47.1. The molecule has 0 aliphatic carbocycles. The molecule has 0 bridgehead atoms. The second kappa shape index (κ2) is 29.6. The second-order valence-corrected chi connectivity index (χ2v) is 19.6. The molecule has 9 aromatic carbocycles. The highest BCUT2D eigenvalue weighted by Gasteiger charge is 2.18. The Bertz CT molecular complexity index is 3920. The van der Waals surface area contributed by atoms with Crippen LogP contribution < -0.4 is 15.1 Å². The fourth-order valence-electron chi connectivity index (χ4n) is 9.19. The number of aromatic nitrogens is 3. The Hall–Kier alpha value is -9.50. The number of carbonyl (C=O) groups excluding carboxylic acids is 2. The van der Waals surface area contributed by atoms with Crippen molar-refractivity contribution < 1.29 is 34.4 Å². The highest BCUT2D eigenvalue weighted by molar-refractivity contribution is 9.09. The summed E-state index contributed by atoms with van der Waals surface area (Å²) in [5.41, 5.74) is 9.01. The van der Waals surface area contributed by atoms with Crippen LogP contribution in [0.3, 0.4) is 0 Å². The van der Waals surface area contributed by atoms with Crippen LogP contribution in [0.1, 0.15) is 32.0 Å². The first-order valence-corrected chi connectivity index (χ1v) is 27.7. The number of halogens is 2. The summed E-state index contributed by atoms with van der Waals surface area (Å²) in [6, 6.07) is 79.4. The Kier molecular flexibility index (Phi) is 21.2. The van der Waals surface area contributed by atoms with Gasteiger partial charge in [-0.3, -0.25) is 14.3 Å². The van der Waals surface area contributed by atoms with Crippen molar-refractivity contribution in [2.75, 3.05) is 40.1 Å². The minimum Gasteiger partial charge on any atom is -0.395 e. The Morgan fingerprint density at radius 3 is 1.28 bits per heavy atom. The van der Waals surface area contributed by atoms with Crippen molar-refractivity contribution in [3.05, 3.63) is 253 Å². The highest BCUT2D eigenvalue weighted by Crippen LogP contribution is 2.30. The minimum atomic E-state index is 0. The quantitative estimate of drug-likeness (QED) is 0.0835. The molecule has 12 nitrogen and oxygen atoms in total. The SMILES string of the molecule is CC(=O)CBr.CC(=O)CN(Cc1cccc2ccccc12)c1cc(-c2ccccc2)no1.F.OCCN(Cc1cccc2ccccc12)c1cc(-c2ccccc2)no1.[3HH].c1ccc(-c2cc(NCc3cccc4ccccc34)on2)cc1. The molecule has 0 spiro atoms. The average molecular weight is 1160 g/mol. The van der Waals surface area contributed by atoms with Gasteiger partial charge < -0.3 is 33.8 Å². The Morgan fingerprint density at radius 1 is 0.476 bits per heavy atom. The number of hydrogen-bond acceptors (Lipinski definition) is 12. The summed E-state index contributed by atoms with van der Waals surface area (Å²) in [5.74, 6) is 2.18. The topological polar surface area (TPSA) is 151 Å². The predicted molar refractivity (Wildman–Crippen MR) is 334 cm³/mol. The molecule has 0 aliphatic rings. The number of carbonyl (C=O) groups is 2. The molecule has 0 aliphatic heterocycles. The molecule has 0 atom stereocenters. The van der Waals surface area contributed by atoms with Gasteiger partial charge in [0, 0.05) is 62.5 Å². The number of ketones is 2. The number of alkyl halides is 1. The number of benzene rings is 9. The van der Waals surface area contributed by atoms with Gasteiger partial charge in [-0.1, -0.05) is 250 Å². The smallest absolute Gasteiger partial charge is 0.228 e. The molecule has 3 heterocycles. The largest absolute Gasteiger partial charge is 0.395 e. The van der Waals surface area contributed by atoms with Crippen molar-refractivity contribution in [2.45, 2.75) is 33.5 Å². The van der Waals surface area contributed by atoms with E-state index >= 15 is 0 Å². The van der Waals surface area contributed by atoms with E-state index in [9.17, 15) is 14.7 Å². The average Bonchev–Trinajstić information content (AvgIpc) is 4.49. The third-order valence-corrected chi connectivity index (χ3v) is 13.9. The number of aliphatic hydroxyl groups excluding tert-OH is 1. The normalized spacial score (nSPS) is 10.5. The van der Waals surface area contributed by atoms with E-state index in [0.29, 0.717) is 49.2 Å². The molecule has 12 aromatic rings. The molecule has 416 valence electrons. The van der Waals surface area contributed by atoms with Gasteiger partial charge in [-0.25, -0.2) is 0 Å². The Morgan fingerprint density at radius 2 is 0.841 bits per heavy atom. The van der Waals surface area contributed by atoms with Gasteiger partial charge in [0.15, 0.2) is 0 Å². The van der Waals surface area contributed by atoms with Crippen molar-refractivity contribution in [1.82, 2.24) is 15.5 Å². The number of hydrogen-bond donors (Lipinski definition) is 2. The second-order valence-electron chi connectivity index (χ2n) is 19.1. The lowest BCUT2D eigenvalue weighted by molar-refractivity contribution is -0.116. The van der Waals surface area contributed by atoms with E-state index < -0.39 is 0 Å². The Labute approximate surface area is 485 Å². The first-order valence-electron chi connectivity index (χ1n) is 26.6. The molecule has 2 N–H and O–H groups in total. The van der Waals surface area contributed by atoms with Crippen LogP contribution in [0.15, 0.2) is 250 Å². The van der Waals surface area contributed by atoms with Gasteiger partial charge in [-0.2, -0.15) is 0 Å². The van der Waals surface area contributed by atoms with Crippen molar-refractivity contribution in [3.63, 3.8) is 0 Å². The lowest BCUT2D eigenvalue weighted by Crippen LogP contribution is -2.27. The maximum Gasteiger partial charge on any atom is 0.228 e. The number of anilines is 3. The zero-order valence-electron chi connectivity index (χ0n) is 45.5. The summed E-state index contributed by atoms with van der Waals surface area (Å²) >= 11 is 2.96. The minimum absolute atomic E-state index is 0. The molecule has 12 rings (SSSR count). The molecule has 0 unspecified atom stereocenters. The van der Waals surface area contributed by atoms with Crippen LogP contribution in [0.5, 0.6) is 0 Å². The Balaban J connectivity index is 0.000000170. The molecule has 3 aromatic heterocycles. The number of nitrogens with zero attached hydrogens (tertiary/aromatic N) is 5. The van der Waals surface area contributed by atoms with E-state index in [1.165, 1.54) is 50.4 Å². The summed E-state index contributed by atoms with van der Waals surface area (Å²) in [5, 5.41) is 33.1. The fraction of sp³-hybridized carbons (Fsp3) is 0.132. The van der Waals surface area contributed by atoms with E-state index in [4.69, 9.17) is 13.6 Å². The van der Waals surface area contributed by atoms with Crippen LogP contribution >= 0.6 is 15.9 Å². The van der Waals surface area contributed by atoms with Crippen molar-refractivity contribution in [3.8, 4) is 33.8 Å². The lowest BCUT2D eigenvalue weighted by Gasteiger charge is -2.21.